The zero-order valence-corrected chi connectivity index (χ0v) is 13.5. The number of rotatable bonds is 5. The number of carbonyl (C=O) groups excluding carboxylic acids is 1. The van der Waals surface area contributed by atoms with E-state index >= 15 is 0 Å². The number of fused-ring (bicyclic) bond motifs is 1. The van der Waals surface area contributed by atoms with E-state index in [0.717, 1.165) is 22.2 Å². The fourth-order valence-corrected chi connectivity index (χ4v) is 2.85. The summed E-state index contributed by atoms with van der Waals surface area (Å²) in [5, 5.41) is 7.84. The third-order valence-corrected chi connectivity index (χ3v) is 4.52. The lowest BCUT2D eigenvalue weighted by molar-refractivity contribution is -0.120. The van der Waals surface area contributed by atoms with Crippen LogP contribution in [-0.4, -0.2) is 24.3 Å². The van der Waals surface area contributed by atoms with Gasteiger partial charge in [-0.2, -0.15) is 0 Å². The Morgan fingerprint density at radius 3 is 2.54 bits per heavy atom. The van der Waals surface area contributed by atoms with Crippen LogP contribution in [0.4, 0.5) is 0 Å². The summed E-state index contributed by atoms with van der Waals surface area (Å²) in [6.07, 6.45) is 1.87. The molecule has 2 aromatic carbocycles. The van der Waals surface area contributed by atoms with Gasteiger partial charge in [0.2, 0.25) is 15.9 Å². The van der Waals surface area contributed by atoms with Crippen molar-refractivity contribution in [3.63, 3.8) is 0 Å². The second kappa shape index (κ2) is 6.42. The molecule has 0 fully saturated rings. The smallest absolute Gasteiger partial charge is 0.238 e. The van der Waals surface area contributed by atoms with Gasteiger partial charge in [-0.1, -0.05) is 18.2 Å². The molecular formula is C16H16N4O3S. The van der Waals surface area contributed by atoms with Gasteiger partial charge in [0.1, 0.15) is 0 Å². The van der Waals surface area contributed by atoms with E-state index in [4.69, 9.17) is 5.14 Å². The fraction of sp³-hybridized carbons (Fsp3) is 0.125. The van der Waals surface area contributed by atoms with Crippen molar-refractivity contribution in [3.05, 3.63) is 59.9 Å². The number of nitrogens with two attached hydrogens (primary N) is 1. The Bertz CT molecular complexity index is 978. The fourth-order valence-electron chi connectivity index (χ4n) is 2.34. The average molecular weight is 344 g/mol. The Hall–Kier alpha value is -2.71. The van der Waals surface area contributed by atoms with Crippen LogP contribution < -0.4 is 10.5 Å². The van der Waals surface area contributed by atoms with Crippen LogP contribution >= 0.6 is 0 Å². The molecule has 8 heteroatoms. The van der Waals surface area contributed by atoms with Gasteiger partial charge in [-0.15, -0.1) is 0 Å². The van der Waals surface area contributed by atoms with Crippen LogP contribution in [0.25, 0.3) is 11.0 Å². The second-order valence-corrected chi connectivity index (χ2v) is 6.96. The Morgan fingerprint density at radius 1 is 1.12 bits per heavy atom. The number of sulfonamides is 1. The number of nitrogens with one attached hydrogen (secondary N) is 2. The van der Waals surface area contributed by atoms with Gasteiger partial charge in [-0.25, -0.2) is 18.5 Å². The molecule has 0 saturated carbocycles. The number of nitrogens with zero attached hydrogens (tertiary/aromatic N) is 1. The molecule has 0 spiro atoms. The van der Waals surface area contributed by atoms with E-state index in [1.807, 2.05) is 18.2 Å². The largest absolute Gasteiger partial charge is 0.352 e. The van der Waals surface area contributed by atoms with Crippen molar-refractivity contribution >= 4 is 27.0 Å². The van der Waals surface area contributed by atoms with E-state index in [1.165, 1.54) is 12.1 Å². The normalized spacial score (nSPS) is 11.5. The maximum absolute atomic E-state index is 12.0. The number of primary sulfonamides is 1. The molecule has 0 bridgehead atoms. The van der Waals surface area contributed by atoms with Crippen LogP contribution in [0.1, 0.15) is 11.1 Å². The summed E-state index contributed by atoms with van der Waals surface area (Å²) in [5.74, 6) is -0.121. The summed E-state index contributed by atoms with van der Waals surface area (Å²) < 4.78 is 22.4. The van der Waals surface area contributed by atoms with Crippen molar-refractivity contribution in [1.82, 2.24) is 15.3 Å². The highest BCUT2D eigenvalue weighted by atomic mass is 32.2. The van der Waals surface area contributed by atoms with E-state index in [2.05, 4.69) is 15.3 Å². The molecule has 0 atom stereocenters. The molecule has 1 amide bonds. The first-order chi connectivity index (χ1) is 11.4. The zero-order chi connectivity index (χ0) is 17.2. The molecule has 0 radical (unpaired) electrons. The minimum Gasteiger partial charge on any atom is -0.352 e. The van der Waals surface area contributed by atoms with Gasteiger partial charge in [0.05, 0.1) is 28.7 Å². The van der Waals surface area contributed by atoms with Crippen molar-refractivity contribution in [2.45, 2.75) is 17.9 Å². The van der Waals surface area contributed by atoms with E-state index in [9.17, 15) is 13.2 Å². The van der Waals surface area contributed by atoms with Crippen molar-refractivity contribution in [2.75, 3.05) is 0 Å². The number of benzene rings is 2. The number of H-pyrrole nitrogens is 1. The first-order valence-electron chi connectivity index (χ1n) is 7.22. The van der Waals surface area contributed by atoms with Gasteiger partial charge in [0.15, 0.2) is 0 Å². The van der Waals surface area contributed by atoms with Crippen LogP contribution in [0.5, 0.6) is 0 Å². The van der Waals surface area contributed by atoms with Gasteiger partial charge in [-0.3, -0.25) is 4.79 Å². The van der Waals surface area contributed by atoms with Crippen LogP contribution in [0.2, 0.25) is 0 Å². The second-order valence-electron chi connectivity index (χ2n) is 5.40. The van der Waals surface area contributed by atoms with Crippen molar-refractivity contribution < 1.29 is 13.2 Å². The standard InChI is InChI=1S/C16H16N4O3S/c17-24(22,23)13-4-1-11(2-5-13)9-18-16(21)8-12-3-6-14-15(7-12)20-10-19-14/h1-7,10H,8-9H2,(H,18,21)(H,19,20)(H2,17,22,23). The van der Waals surface area contributed by atoms with E-state index in [0.29, 0.717) is 6.54 Å². The molecule has 7 nitrogen and oxygen atoms in total. The lowest BCUT2D eigenvalue weighted by Gasteiger charge is -2.06. The first kappa shape index (κ1) is 16.2. The number of hydrogen-bond donors (Lipinski definition) is 3. The van der Waals surface area contributed by atoms with Crippen LogP contribution in [0, 0.1) is 0 Å². The lowest BCUT2D eigenvalue weighted by atomic mass is 10.1. The summed E-state index contributed by atoms with van der Waals surface area (Å²) in [5.41, 5.74) is 3.42. The van der Waals surface area contributed by atoms with Gasteiger partial charge < -0.3 is 10.3 Å². The maximum atomic E-state index is 12.0. The van der Waals surface area contributed by atoms with Crippen LogP contribution in [0.3, 0.4) is 0 Å². The van der Waals surface area contributed by atoms with E-state index < -0.39 is 10.0 Å². The molecule has 0 saturated heterocycles. The molecule has 0 aliphatic heterocycles. The lowest BCUT2D eigenvalue weighted by Crippen LogP contribution is -2.24. The minimum atomic E-state index is -3.70. The zero-order valence-electron chi connectivity index (χ0n) is 12.7. The third kappa shape index (κ3) is 3.79. The SMILES string of the molecule is NS(=O)(=O)c1ccc(CNC(=O)Cc2ccc3nc[nH]c3c2)cc1. The van der Waals surface area contributed by atoms with Crippen molar-refractivity contribution in [3.8, 4) is 0 Å². The number of carbonyl (C=O) groups is 1. The molecule has 1 aromatic heterocycles. The van der Waals surface area contributed by atoms with E-state index in [-0.39, 0.29) is 17.2 Å². The number of amides is 1. The molecule has 0 aliphatic carbocycles. The molecule has 0 unspecified atom stereocenters. The Balaban J connectivity index is 1.59. The number of aromatic nitrogens is 2. The minimum absolute atomic E-state index is 0.0467. The van der Waals surface area contributed by atoms with Crippen molar-refractivity contribution in [2.24, 2.45) is 5.14 Å². The van der Waals surface area contributed by atoms with Crippen molar-refractivity contribution in [1.29, 1.82) is 0 Å². The van der Waals surface area contributed by atoms with Gasteiger partial charge in [0.25, 0.3) is 0 Å². The van der Waals surface area contributed by atoms with E-state index in [1.54, 1.807) is 18.5 Å². The summed E-state index contributed by atoms with van der Waals surface area (Å²) in [6, 6.07) is 11.7. The monoisotopic (exact) mass is 344 g/mol. The molecule has 3 rings (SSSR count). The Morgan fingerprint density at radius 2 is 1.83 bits per heavy atom. The Labute approximate surface area is 139 Å². The van der Waals surface area contributed by atoms with Crippen LogP contribution in [0.15, 0.2) is 53.7 Å². The highest BCUT2D eigenvalue weighted by Crippen LogP contribution is 2.12. The summed E-state index contributed by atoms with van der Waals surface area (Å²) >= 11 is 0. The number of imidazole rings is 1. The topological polar surface area (TPSA) is 118 Å². The summed E-state index contributed by atoms with van der Waals surface area (Å²) in [6.45, 7) is 0.316. The van der Waals surface area contributed by atoms with Gasteiger partial charge in [0, 0.05) is 6.54 Å². The third-order valence-electron chi connectivity index (χ3n) is 3.59. The average Bonchev–Trinajstić information content (AvgIpc) is 3.00. The number of hydrogen-bond acceptors (Lipinski definition) is 4. The summed E-state index contributed by atoms with van der Waals surface area (Å²) in [7, 11) is -3.70. The molecule has 24 heavy (non-hydrogen) atoms. The van der Waals surface area contributed by atoms with Crippen LogP contribution in [-0.2, 0) is 27.8 Å². The molecular weight excluding hydrogens is 328 g/mol. The molecule has 4 N–H and O–H groups in total. The Kier molecular flexibility index (Phi) is 4.32. The molecule has 1 heterocycles. The molecule has 124 valence electrons. The van der Waals surface area contributed by atoms with Gasteiger partial charge >= 0.3 is 0 Å². The predicted octanol–water partition coefficient (Wildman–Crippen LogP) is 1.07. The highest BCUT2D eigenvalue weighted by molar-refractivity contribution is 7.89. The van der Waals surface area contributed by atoms with Gasteiger partial charge in [-0.05, 0) is 35.4 Å². The quantitative estimate of drug-likeness (QED) is 0.641. The summed E-state index contributed by atoms with van der Waals surface area (Å²) in [4.78, 5) is 19.2. The molecule has 3 aromatic rings. The highest BCUT2D eigenvalue weighted by Gasteiger charge is 2.08. The predicted molar refractivity (Wildman–Crippen MR) is 89.5 cm³/mol. The molecule has 0 aliphatic rings. The maximum Gasteiger partial charge on any atom is 0.238 e. The number of aromatic amines is 1. The first-order valence-corrected chi connectivity index (χ1v) is 8.77.